The number of ether oxygens (including phenoxy) is 4. The number of esters is 1. The molecule has 3 aromatic carbocycles. The number of carbonyl (C=O) groups excluding carboxylic acids is 2. The Morgan fingerprint density at radius 3 is 2.57 bits per heavy atom. The molecule has 0 aromatic heterocycles. The van der Waals surface area contributed by atoms with Crippen molar-refractivity contribution in [3.05, 3.63) is 82.2 Å². The summed E-state index contributed by atoms with van der Waals surface area (Å²) in [7, 11) is 1.37. The first-order chi connectivity index (χ1) is 16.8. The lowest BCUT2D eigenvalue weighted by molar-refractivity contribution is 0.0450. The molecule has 0 saturated heterocycles. The fourth-order valence-electron chi connectivity index (χ4n) is 3.97. The van der Waals surface area contributed by atoms with Gasteiger partial charge in [0.25, 0.3) is 0 Å². The van der Waals surface area contributed by atoms with E-state index in [1.165, 1.54) is 13.2 Å². The first kappa shape index (κ1) is 24.3. The van der Waals surface area contributed by atoms with Gasteiger partial charge >= 0.3 is 5.97 Å². The van der Waals surface area contributed by atoms with Crippen LogP contribution in [0.2, 0.25) is 0 Å². The summed E-state index contributed by atoms with van der Waals surface area (Å²) in [6.07, 6.45) is 0.288. The van der Waals surface area contributed by atoms with Gasteiger partial charge < -0.3 is 18.9 Å². The van der Waals surface area contributed by atoms with E-state index in [0.29, 0.717) is 11.3 Å². The lowest BCUT2D eigenvalue weighted by Gasteiger charge is -2.23. The highest BCUT2D eigenvalue weighted by Crippen LogP contribution is 2.44. The van der Waals surface area contributed by atoms with Crippen LogP contribution in [-0.2, 0) is 18.0 Å². The maximum Gasteiger partial charge on any atom is 0.346 e. The SMILES string of the molecule is COc1c(C(=O)CC(C)C)ccc2c1C(=O)OCc1c(F)c(C)cc(OCc3ccccc3)c1O2. The standard InChI is InChI=1S/C28H27FO6/c1-16(2)12-21(30)19-10-11-22-24(27(19)32-4)28(31)34-15-20-25(29)17(3)13-23(26(20)35-22)33-14-18-8-6-5-7-9-18/h5-11,13,16H,12,14-15H2,1-4H3. The summed E-state index contributed by atoms with van der Waals surface area (Å²) >= 11 is 0. The van der Waals surface area contributed by atoms with Crippen molar-refractivity contribution in [3.63, 3.8) is 0 Å². The fourth-order valence-corrected chi connectivity index (χ4v) is 3.97. The molecule has 4 rings (SSSR count). The van der Waals surface area contributed by atoms with Crippen LogP contribution in [0, 0.1) is 18.7 Å². The van der Waals surface area contributed by atoms with Gasteiger partial charge in [0.05, 0.1) is 18.2 Å². The summed E-state index contributed by atoms with van der Waals surface area (Å²) in [6, 6.07) is 14.1. The second-order valence-corrected chi connectivity index (χ2v) is 8.81. The van der Waals surface area contributed by atoms with E-state index in [2.05, 4.69) is 0 Å². The highest BCUT2D eigenvalue weighted by atomic mass is 19.1. The number of halogens is 1. The predicted octanol–water partition coefficient (Wildman–Crippen LogP) is 6.41. The molecule has 0 bridgehead atoms. The molecule has 3 aromatic rings. The molecule has 0 atom stereocenters. The number of hydrogen-bond acceptors (Lipinski definition) is 6. The summed E-state index contributed by atoms with van der Waals surface area (Å²) < 4.78 is 38.1. The average Bonchev–Trinajstić information content (AvgIpc) is 2.83. The topological polar surface area (TPSA) is 71.1 Å². The number of Topliss-reactive ketones (excluding diaryl/α,β-unsaturated/α-hetero) is 1. The van der Waals surface area contributed by atoms with Gasteiger partial charge in [0.2, 0.25) is 0 Å². The van der Waals surface area contributed by atoms with Crippen molar-refractivity contribution in [2.45, 2.75) is 40.4 Å². The van der Waals surface area contributed by atoms with Crippen molar-refractivity contribution in [2.24, 2.45) is 5.92 Å². The molecule has 0 aliphatic carbocycles. The van der Waals surface area contributed by atoms with E-state index in [0.717, 1.165) is 5.56 Å². The largest absolute Gasteiger partial charge is 0.495 e. The van der Waals surface area contributed by atoms with Gasteiger partial charge in [0, 0.05) is 6.42 Å². The molecule has 35 heavy (non-hydrogen) atoms. The maximum atomic E-state index is 15.1. The number of cyclic esters (lactones) is 1. The first-order valence-corrected chi connectivity index (χ1v) is 11.4. The smallest absolute Gasteiger partial charge is 0.346 e. The number of aryl methyl sites for hydroxylation is 1. The van der Waals surface area contributed by atoms with Crippen LogP contribution in [0.25, 0.3) is 0 Å². The van der Waals surface area contributed by atoms with Crippen LogP contribution in [0.3, 0.4) is 0 Å². The molecule has 0 amide bonds. The molecule has 6 nitrogen and oxygen atoms in total. The molecule has 1 heterocycles. The lowest BCUT2D eigenvalue weighted by Crippen LogP contribution is -2.16. The Morgan fingerprint density at radius 1 is 1.14 bits per heavy atom. The lowest BCUT2D eigenvalue weighted by atomic mass is 9.97. The highest BCUT2D eigenvalue weighted by Gasteiger charge is 2.31. The molecule has 1 aliphatic heterocycles. The number of benzene rings is 3. The third-order valence-corrected chi connectivity index (χ3v) is 5.68. The van der Waals surface area contributed by atoms with Crippen molar-refractivity contribution < 1.29 is 32.9 Å². The van der Waals surface area contributed by atoms with Crippen LogP contribution < -0.4 is 14.2 Å². The zero-order valence-corrected chi connectivity index (χ0v) is 20.1. The maximum absolute atomic E-state index is 15.1. The van der Waals surface area contributed by atoms with Gasteiger partial charge in [0.1, 0.15) is 36.1 Å². The number of hydrogen-bond donors (Lipinski definition) is 0. The molecule has 0 unspecified atom stereocenters. The minimum Gasteiger partial charge on any atom is -0.495 e. The molecule has 1 aliphatic rings. The molecule has 0 saturated carbocycles. The van der Waals surface area contributed by atoms with Gasteiger partial charge in [-0.05, 0) is 42.2 Å². The van der Waals surface area contributed by atoms with E-state index >= 15 is 4.39 Å². The summed E-state index contributed by atoms with van der Waals surface area (Å²) in [5.41, 5.74) is 1.57. The van der Waals surface area contributed by atoms with Crippen LogP contribution in [0.1, 0.15) is 57.7 Å². The quantitative estimate of drug-likeness (QED) is 0.289. The molecule has 182 valence electrons. The van der Waals surface area contributed by atoms with E-state index in [1.54, 1.807) is 19.1 Å². The second-order valence-electron chi connectivity index (χ2n) is 8.81. The van der Waals surface area contributed by atoms with Crippen LogP contribution >= 0.6 is 0 Å². The highest BCUT2D eigenvalue weighted by molar-refractivity contribution is 6.05. The second kappa shape index (κ2) is 10.2. The zero-order valence-electron chi connectivity index (χ0n) is 20.1. The normalized spacial score (nSPS) is 12.6. The fraction of sp³-hybridized carbons (Fsp3) is 0.286. The van der Waals surface area contributed by atoms with Gasteiger partial charge in [-0.25, -0.2) is 9.18 Å². The van der Waals surface area contributed by atoms with E-state index < -0.39 is 11.8 Å². The number of fused-ring (bicyclic) bond motifs is 2. The van der Waals surface area contributed by atoms with Crippen LogP contribution in [-0.4, -0.2) is 18.9 Å². The Labute approximate surface area is 203 Å². The summed E-state index contributed by atoms with van der Waals surface area (Å²) in [4.78, 5) is 25.8. The molecule has 0 spiro atoms. The predicted molar refractivity (Wildman–Crippen MR) is 128 cm³/mol. The minimum absolute atomic E-state index is 0.0252. The summed E-state index contributed by atoms with van der Waals surface area (Å²) in [5, 5.41) is 0. The van der Waals surface area contributed by atoms with Crippen molar-refractivity contribution in [1.82, 2.24) is 0 Å². The Bertz CT molecular complexity index is 1270. The molecular weight excluding hydrogens is 451 g/mol. The van der Waals surface area contributed by atoms with Gasteiger partial charge in [0.15, 0.2) is 17.3 Å². The number of ketones is 1. The van der Waals surface area contributed by atoms with Gasteiger partial charge in [-0.2, -0.15) is 0 Å². The average molecular weight is 479 g/mol. The minimum atomic E-state index is -0.769. The number of methoxy groups -OCH3 is 1. The van der Waals surface area contributed by atoms with Crippen LogP contribution in [0.5, 0.6) is 23.0 Å². The van der Waals surface area contributed by atoms with Crippen LogP contribution in [0.15, 0.2) is 48.5 Å². The summed E-state index contributed by atoms with van der Waals surface area (Å²) in [6.45, 7) is 5.34. The van der Waals surface area contributed by atoms with E-state index in [4.69, 9.17) is 18.9 Å². The molecule has 0 N–H and O–H groups in total. The van der Waals surface area contributed by atoms with E-state index in [9.17, 15) is 9.59 Å². The van der Waals surface area contributed by atoms with Crippen LogP contribution in [0.4, 0.5) is 4.39 Å². The monoisotopic (exact) mass is 478 g/mol. The molecule has 7 heteroatoms. The zero-order chi connectivity index (χ0) is 25.1. The Morgan fingerprint density at radius 2 is 1.89 bits per heavy atom. The molecular formula is C28H27FO6. The Kier molecular flexibility index (Phi) is 7.05. The van der Waals surface area contributed by atoms with E-state index in [1.807, 2.05) is 44.2 Å². The third-order valence-electron chi connectivity index (χ3n) is 5.68. The van der Waals surface area contributed by atoms with Crippen molar-refractivity contribution in [3.8, 4) is 23.0 Å². The number of carbonyl (C=O) groups is 2. The van der Waals surface area contributed by atoms with Gasteiger partial charge in [-0.3, -0.25) is 4.79 Å². The van der Waals surface area contributed by atoms with Crippen molar-refractivity contribution >= 4 is 11.8 Å². The third kappa shape index (κ3) is 4.99. The summed E-state index contributed by atoms with van der Waals surface area (Å²) in [5.74, 6) is -0.772. The number of rotatable bonds is 7. The van der Waals surface area contributed by atoms with Crippen molar-refractivity contribution in [2.75, 3.05) is 7.11 Å². The van der Waals surface area contributed by atoms with Gasteiger partial charge in [-0.15, -0.1) is 0 Å². The van der Waals surface area contributed by atoms with Gasteiger partial charge in [-0.1, -0.05) is 44.2 Å². The Hall–Kier alpha value is -3.87. The molecule has 0 radical (unpaired) electrons. The Balaban J connectivity index is 1.79. The van der Waals surface area contributed by atoms with Crippen molar-refractivity contribution in [1.29, 1.82) is 0 Å². The van der Waals surface area contributed by atoms with E-state index in [-0.39, 0.29) is 65.3 Å². The molecule has 0 fully saturated rings. The first-order valence-electron chi connectivity index (χ1n) is 11.4.